The number of aliphatic carboxylic acids is 1. The summed E-state index contributed by atoms with van der Waals surface area (Å²) in [7, 11) is 1.73. The van der Waals surface area contributed by atoms with E-state index < -0.39 is 5.97 Å². The monoisotopic (exact) mass is 277 g/mol. The maximum absolute atomic E-state index is 12.0. The van der Waals surface area contributed by atoms with Crippen molar-refractivity contribution in [2.45, 2.75) is 19.9 Å². The molecule has 2 heterocycles. The Labute approximate surface area is 115 Å². The van der Waals surface area contributed by atoms with Gasteiger partial charge in [0.2, 0.25) is 0 Å². The standard InChI is InChI=1S/C12H15N5O3/c1-8-7-10(16(2)14-8)13-12(20)9-3-5-17(15-9)6-4-11(18)19/h3,5,7H,4,6H2,1-2H3,(H,13,20)(H,18,19). The van der Waals surface area contributed by atoms with E-state index in [0.29, 0.717) is 5.82 Å². The van der Waals surface area contributed by atoms with Crippen LogP contribution in [0.15, 0.2) is 18.3 Å². The predicted octanol–water partition coefficient (Wildman–Crippen LogP) is 0.652. The molecular weight excluding hydrogens is 262 g/mol. The van der Waals surface area contributed by atoms with Crippen LogP contribution < -0.4 is 5.32 Å². The Morgan fingerprint density at radius 1 is 1.40 bits per heavy atom. The van der Waals surface area contributed by atoms with Crippen molar-refractivity contribution in [2.24, 2.45) is 7.05 Å². The van der Waals surface area contributed by atoms with Crippen molar-refractivity contribution in [3.8, 4) is 0 Å². The zero-order valence-electron chi connectivity index (χ0n) is 11.2. The fraction of sp³-hybridized carbons (Fsp3) is 0.333. The molecule has 0 aliphatic heterocycles. The Bertz CT molecular complexity index is 643. The number of rotatable bonds is 5. The van der Waals surface area contributed by atoms with Crippen molar-refractivity contribution in [3.05, 3.63) is 29.7 Å². The summed E-state index contributed by atoms with van der Waals surface area (Å²) in [6.45, 7) is 2.06. The van der Waals surface area contributed by atoms with E-state index in [1.165, 1.54) is 4.68 Å². The number of aryl methyl sites for hydroxylation is 3. The summed E-state index contributed by atoms with van der Waals surface area (Å²) < 4.78 is 2.99. The third-order valence-electron chi connectivity index (χ3n) is 2.67. The quantitative estimate of drug-likeness (QED) is 0.835. The van der Waals surface area contributed by atoms with E-state index in [4.69, 9.17) is 5.11 Å². The van der Waals surface area contributed by atoms with E-state index in [1.807, 2.05) is 6.92 Å². The lowest BCUT2D eigenvalue weighted by Crippen LogP contribution is -2.16. The Hall–Kier alpha value is -2.64. The van der Waals surface area contributed by atoms with Gasteiger partial charge < -0.3 is 10.4 Å². The van der Waals surface area contributed by atoms with Gasteiger partial charge in [-0.1, -0.05) is 0 Å². The summed E-state index contributed by atoms with van der Waals surface area (Å²) in [6.07, 6.45) is 1.54. The van der Waals surface area contributed by atoms with E-state index in [1.54, 1.807) is 30.1 Å². The van der Waals surface area contributed by atoms with Gasteiger partial charge in [0, 0.05) is 19.3 Å². The lowest BCUT2D eigenvalue weighted by Gasteiger charge is -2.02. The van der Waals surface area contributed by atoms with Gasteiger partial charge in [-0.3, -0.25) is 19.0 Å². The van der Waals surface area contributed by atoms with Crippen LogP contribution in [0.3, 0.4) is 0 Å². The number of anilines is 1. The molecule has 106 valence electrons. The third kappa shape index (κ3) is 3.22. The van der Waals surface area contributed by atoms with E-state index in [9.17, 15) is 9.59 Å². The molecule has 0 saturated carbocycles. The van der Waals surface area contributed by atoms with E-state index >= 15 is 0 Å². The normalized spacial score (nSPS) is 10.5. The fourth-order valence-electron chi connectivity index (χ4n) is 1.73. The number of hydrogen-bond donors (Lipinski definition) is 2. The highest BCUT2D eigenvalue weighted by molar-refractivity contribution is 6.02. The first-order valence-corrected chi connectivity index (χ1v) is 6.03. The first-order chi connectivity index (χ1) is 9.45. The topological polar surface area (TPSA) is 102 Å². The van der Waals surface area contributed by atoms with Gasteiger partial charge in [0.15, 0.2) is 5.69 Å². The van der Waals surface area contributed by atoms with Crippen molar-refractivity contribution in [3.63, 3.8) is 0 Å². The Morgan fingerprint density at radius 3 is 2.75 bits per heavy atom. The number of carbonyl (C=O) groups excluding carboxylic acids is 1. The first kappa shape index (κ1) is 13.8. The van der Waals surface area contributed by atoms with Gasteiger partial charge in [0.05, 0.1) is 18.7 Å². The minimum Gasteiger partial charge on any atom is -0.481 e. The molecule has 0 bridgehead atoms. The summed E-state index contributed by atoms with van der Waals surface area (Å²) in [5.41, 5.74) is 1.03. The molecule has 0 radical (unpaired) electrons. The Balaban J connectivity index is 2.02. The highest BCUT2D eigenvalue weighted by Gasteiger charge is 2.12. The summed E-state index contributed by atoms with van der Waals surface area (Å²) in [5, 5.41) is 19.4. The van der Waals surface area contributed by atoms with Crippen molar-refractivity contribution in [1.82, 2.24) is 19.6 Å². The molecule has 8 nitrogen and oxygen atoms in total. The second-order valence-electron chi connectivity index (χ2n) is 4.36. The zero-order valence-corrected chi connectivity index (χ0v) is 11.2. The van der Waals surface area contributed by atoms with Gasteiger partial charge in [-0.15, -0.1) is 0 Å². The second kappa shape index (κ2) is 5.55. The molecule has 0 spiro atoms. The second-order valence-corrected chi connectivity index (χ2v) is 4.36. The molecule has 1 amide bonds. The van der Waals surface area contributed by atoms with Crippen LogP contribution >= 0.6 is 0 Å². The van der Waals surface area contributed by atoms with Crippen LogP contribution in [0.5, 0.6) is 0 Å². The molecule has 8 heteroatoms. The SMILES string of the molecule is Cc1cc(NC(=O)c2ccn(CCC(=O)O)n2)n(C)n1. The van der Waals surface area contributed by atoms with E-state index in [-0.39, 0.29) is 24.6 Å². The first-order valence-electron chi connectivity index (χ1n) is 6.03. The van der Waals surface area contributed by atoms with Gasteiger partial charge in [0.1, 0.15) is 5.82 Å². The Kier molecular flexibility index (Phi) is 3.83. The summed E-state index contributed by atoms with van der Waals surface area (Å²) in [4.78, 5) is 22.4. The van der Waals surface area contributed by atoms with E-state index in [0.717, 1.165) is 5.69 Å². The molecular formula is C12H15N5O3. The van der Waals surface area contributed by atoms with Gasteiger partial charge in [-0.2, -0.15) is 10.2 Å². The van der Waals surface area contributed by atoms with Crippen molar-refractivity contribution < 1.29 is 14.7 Å². The van der Waals surface area contributed by atoms with Gasteiger partial charge in [-0.25, -0.2) is 0 Å². The lowest BCUT2D eigenvalue weighted by atomic mass is 10.4. The van der Waals surface area contributed by atoms with Crippen LogP contribution in [-0.2, 0) is 18.4 Å². The number of carbonyl (C=O) groups is 2. The minimum atomic E-state index is -0.906. The van der Waals surface area contributed by atoms with Crippen LogP contribution in [0.2, 0.25) is 0 Å². The van der Waals surface area contributed by atoms with Crippen molar-refractivity contribution >= 4 is 17.7 Å². The number of nitrogens with one attached hydrogen (secondary N) is 1. The molecule has 0 fully saturated rings. The minimum absolute atomic E-state index is 0.0380. The fourth-order valence-corrected chi connectivity index (χ4v) is 1.73. The van der Waals surface area contributed by atoms with Gasteiger partial charge >= 0.3 is 5.97 Å². The van der Waals surface area contributed by atoms with Crippen LogP contribution in [0, 0.1) is 6.92 Å². The molecule has 0 saturated heterocycles. The number of carboxylic acid groups (broad SMARTS) is 1. The van der Waals surface area contributed by atoms with Crippen LogP contribution in [-0.4, -0.2) is 36.5 Å². The molecule has 0 unspecified atom stereocenters. The van der Waals surface area contributed by atoms with Crippen molar-refractivity contribution in [1.29, 1.82) is 0 Å². The number of amides is 1. The van der Waals surface area contributed by atoms with Crippen LogP contribution in [0.4, 0.5) is 5.82 Å². The van der Waals surface area contributed by atoms with Gasteiger partial charge in [0.25, 0.3) is 5.91 Å². The summed E-state index contributed by atoms with van der Waals surface area (Å²) >= 11 is 0. The zero-order chi connectivity index (χ0) is 14.7. The maximum atomic E-state index is 12.0. The molecule has 20 heavy (non-hydrogen) atoms. The molecule has 0 aliphatic rings. The molecule has 2 N–H and O–H groups in total. The summed E-state index contributed by atoms with van der Waals surface area (Å²) in [6, 6.07) is 3.29. The number of hydrogen-bond acceptors (Lipinski definition) is 4. The molecule has 0 atom stereocenters. The number of aromatic nitrogens is 4. The smallest absolute Gasteiger partial charge is 0.305 e. The largest absolute Gasteiger partial charge is 0.481 e. The number of nitrogens with zero attached hydrogens (tertiary/aromatic N) is 4. The molecule has 0 aromatic carbocycles. The maximum Gasteiger partial charge on any atom is 0.305 e. The highest BCUT2D eigenvalue weighted by atomic mass is 16.4. The lowest BCUT2D eigenvalue weighted by molar-refractivity contribution is -0.137. The van der Waals surface area contributed by atoms with Crippen molar-refractivity contribution in [2.75, 3.05) is 5.32 Å². The average Bonchev–Trinajstić information content (AvgIpc) is 2.94. The molecule has 2 aromatic rings. The van der Waals surface area contributed by atoms with E-state index in [2.05, 4.69) is 15.5 Å². The summed E-state index contributed by atoms with van der Waals surface area (Å²) in [5.74, 6) is -0.688. The average molecular weight is 277 g/mol. The van der Waals surface area contributed by atoms with Gasteiger partial charge in [-0.05, 0) is 13.0 Å². The van der Waals surface area contributed by atoms with Crippen LogP contribution in [0.25, 0.3) is 0 Å². The predicted molar refractivity (Wildman–Crippen MR) is 70.4 cm³/mol. The molecule has 0 aliphatic carbocycles. The number of carboxylic acids is 1. The molecule has 2 rings (SSSR count). The Morgan fingerprint density at radius 2 is 2.15 bits per heavy atom. The highest BCUT2D eigenvalue weighted by Crippen LogP contribution is 2.09. The molecule has 2 aromatic heterocycles. The third-order valence-corrected chi connectivity index (χ3v) is 2.67. The van der Waals surface area contributed by atoms with Crippen LogP contribution in [0.1, 0.15) is 22.6 Å².